The van der Waals surface area contributed by atoms with Crippen LogP contribution in [0.4, 0.5) is 5.69 Å². The summed E-state index contributed by atoms with van der Waals surface area (Å²) >= 11 is 5.69. The quantitative estimate of drug-likeness (QED) is 0.600. The molecule has 0 saturated carbocycles. The maximum atomic E-state index is 8.58. The fraction of sp³-hybridized carbons (Fsp3) is 0.125. The largest absolute Gasteiger partial charge is 0.397 e. The summed E-state index contributed by atoms with van der Waals surface area (Å²) in [6, 6.07) is 5.26. The van der Waals surface area contributed by atoms with Crippen molar-refractivity contribution in [2.24, 2.45) is 0 Å². The molecule has 0 heterocycles. The number of aryl methyl sites for hydroxylation is 1. The van der Waals surface area contributed by atoms with E-state index in [-0.39, 0.29) is 0 Å². The lowest BCUT2D eigenvalue weighted by molar-refractivity contribution is 1.42. The molecule has 1 aromatic rings. The first-order valence-corrected chi connectivity index (χ1v) is 3.48. The number of hydrogen-bond donors (Lipinski definition) is 1. The average molecular weight is 167 g/mol. The van der Waals surface area contributed by atoms with Gasteiger partial charge in [-0.3, -0.25) is 0 Å². The lowest BCUT2D eigenvalue weighted by Gasteiger charge is -2.01. The predicted octanol–water partition coefficient (Wildman–Crippen LogP) is 2.10. The normalized spacial score (nSPS) is 9.18. The molecule has 11 heavy (non-hydrogen) atoms. The lowest BCUT2D eigenvalue weighted by atomic mass is 10.1. The van der Waals surface area contributed by atoms with Crippen molar-refractivity contribution >= 4 is 17.3 Å². The monoisotopic (exact) mass is 166 g/mol. The molecule has 0 radical (unpaired) electrons. The fourth-order valence-electron chi connectivity index (χ4n) is 0.847. The van der Waals surface area contributed by atoms with E-state index in [1.165, 1.54) is 0 Å². The van der Waals surface area contributed by atoms with Gasteiger partial charge in [-0.1, -0.05) is 11.6 Å². The zero-order valence-electron chi connectivity index (χ0n) is 6.06. The summed E-state index contributed by atoms with van der Waals surface area (Å²) in [6.45, 7) is 1.82. The van der Waals surface area contributed by atoms with E-state index < -0.39 is 0 Å². The highest BCUT2D eigenvalue weighted by atomic mass is 35.5. The fourth-order valence-corrected chi connectivity index (χ4v) is 1.12. The first-order chi connectivity index (χ1) is 5.15. The Hall–Kier alpha value is -1.20. The molecular weight excluding hydrogens is 160 g/mol. The molecule has 0 bridgehead atoms. The second-order valence-electron chi connectivity index (χ2n) is 2.30. The van der Waals surface area contributed by atoms with Crippen LogP contribution >= 0.6 is 11.6 Å². The molecule has 0 unspecified atom stereocenters. The molecule has 56 valence electrons. The lowest BCUT2D eigenvalue weighted by Crippen LogP contribution is -1.93. The van der Waals surface area contributed by atoms with Gasteiger partial charge in [-0.05, 0) is 24.6 Å². The summed E-state index contributed by atoms with van der Waals surface area (Å²) < 4.78 is 0. The third-order valence-electron chi connectivity index (χ3n) is 1.47. The molecule has 0 amide bonds. The molecule has 0 aliphatic heterocycles. The van der Waals surface area contributed by atoms with Gasteiger partial charge in [-0.2, -0.15) is 5.26 Å². The van der Waals surface area contributed by atoms with Crippen LogP contribution in [0.3, 0.4) is 0 Å². The molecule has 1 rings (SSSR count). The summed E-state index contributed by atoms with van der Waals surface area (Å²) in [7, 11) is 0. The summed E-state index contributed by atoms with van der Waals surface area (Å²) in [5.41, 5.74) is 7.37. The van der Waals surface area contributed by atoms with Gasteiger partial charge >= 0.3 is 0 Å². The number of nitriles is 1. The molecule has 2 N–H and O–H groups in total. The van der Waals surface area contributed by atoms with Crippen LogP contribution < -0.4 is 5.73 Å². The van der Waals surface area contributed by atoms with Crippen molar-refractivity contribution in [1.29, 1.82) is 5.26 Å². The summed E-state index contributed by atoms with van der Waals surface area (Å²) in [5, 5.41) is 9.13. The van der Waals surface area contributed by atoms with Crippen LogP contribution in [0.25, 0.3) is 0 Å². The molecule has 0 fully saturated rings. The molecule has 0 spiro atoms. The molecule has 0 atom stereocenters. The van der Waals surface area contributed by atoms with E-state index in [2.05, 4.69) is 0 Å². The van der Waals surface area contributed by atoms with Gasteiger partial charge in [0.2, 0.25) is 0 Å². The van der Waals surface area contributed by atoms with E-state index in [1.807, 2.05) is 13.0 Å². The van der Waals surface area contributed by atoms with Crippen molar-refractivity contribution < 1.29 is 0 Å². The standard InChI is InChI=1S/C8H7ClN2/c1-5-2-7(9)3-6(4-10)8(5)11/h2-3H,11H2,1H3. The SMILES string of the molecule is Cc1cc(Cl)cc(C#N)c1N. The van der Waals surface area contributed by atoms with Crippen molar-refractivity contribution in [3.63, 3.8) is 0 Å². The maximum absolute atomic E-state index is 8.58. The van der Waals surface area contributed by atoms with E-state index in [0.717, 1.165) is 5.56 Å². The molecule has 1 aromatic carbocycles. The van der Waals surface area contributed by atoms with Crippen molar-refractivity contribution in [1.82, 2.24) is 0 Å². The number of nitrogen functional groups attached to an aromatic ring is 1. The zero-order chi connectivity index (χ0) is 8.43. The van der Waals surface area contributed by atoms with Gasteiger partial charge in [0, 0.05) is 5.02 Å². The number of anilines is 1. The summed E-state index contributed by atoms with van der Waals surface area (Å²) in [6.07, 6.45) is 0. The van der Waals surface area contributed by atoms with E-state index in [4.69, 9.17) is 22.6 Å². The van der Waals surface area contributed by atoms with Gasteiger partial charge in [0.25, 0.3) is 0 Å². The number of hydrogen-bond acceptors (Lipinski definition) is 2. The molecule has 0 aliphatic rings. The molecule has 0 aliphatic carbocycles. The number of nitrogens with two attached hydrogens (primary N) is 1. The van der Waals surface area contributed by atoms with Crippen LogP contribution in [0.15, 0.2) is 12.1 Å². The highest BCUT2D eigenvalue weighted by Crippen LogP contribution is 2.21. The molecular formula is C8H7ClN2. The first kappa shape index (κ1) is 7.90. The Kier molecular flexibility index (Phi) is 2.02. The summed E-state index contributed by atoms with van der Waals surface area (Å²) in [4.78, 5) is 0. The number of halogens is 1. The Morgan fingerprint density at radius 2 is 2.18 bits per heavy atom. The first-order valence-electron chi connectivity index (χ1n) is 3.11. The molecule has 0 saturated heterocycles. The van der Waals surface area contributed by atoms with Crippen LogP contribution in [0.5, 0.6) is 0 Å². The number of benzene rings is 1. The van der Waals surface area contributed by atoms with Crippen molar-refractivity contribution in [3.05, 3.63) is 28.3 Å². The van der Waals surface area contributed by atoms with Gasteiger partial charge in [-0.25, -0.2) is 0 Å². The topological polar surface area (TPSA) is 49.8 Å². The van der Waals surface area contributed by atoms with E-state index in [1.54, 1.807) is 12.1 Å². The highest BCUT2D eigenvalue weighted by molar-refractivity contribution is 6.30. The van der Waals surface area contributed by atoms with Gasteiger partial charge in [0.15, 0.2) is 0 Å². The van der Waals surface area contributed by atoms with Gasteiger partial charge in [-0.15, -0.1) is 0 Å². The average Bonchev–Trinajstić information content (AvgIpc) is 1.96. The van der Waals surface area contributed by atoms with Crippen molar-refractivity contribution in [3.8, 4) is 6.07 Å². The van der Waals surface area contributed by atoms with Crippen LogP contribution in [-0.2, 0) is 0 Å². The van der Waals surface area contributed by atoms with Crippen LogP contribution in [-0.4, -0.2) is 0 Å². The predicted molar refractivity (Wildman–Crippen MR) is 45.3 cm³/mol. The molecule has 3 heteroatoms. The molecule has 0 aromatic heterocycles. The smallest absolute Gasteiger partial charge is 0.101 e. The van der Waals surface area contributed by atoms with Crippen LogP contribution in [0.2, 0.25) is 5.02 Å². The number of rotatable bonds is 0. The van der Waals surface area contributed by atoms with Crippen molar-refractivity contribution in [2.75, 3.05) is 5.73 Å². The van der Waals surface area contributed by atoms with Crippen LogP contribution in [0, 0.1) is 18.3 Å². The third-order valence-corrected chi connectivity index (χ3v) is 1.69. The second kappa shape index (κ2) is 2.81. The van der Waals surface area contributed by atoms with Crippen LogP contribution in [0.1, 0.15) is 11.1 Å². The Balaban J connectivity index is 3.39. The van der Waals surface area contributed by atoms with Gasteiger partial charge in [0.1, 0.15) is 6.07 Å². The minimum atomic E-state index is 0.440. The minimum Gasteiger partial charge on any atom is -0.397 e. The van der Waals surface area contributed by atoms with E-state index in [0.29, 0.717) is 16.3 Å². The zero-order valence-corrected chi connectivity index (χ0v) is 6.81. The Morgan fingerprint density at radius 3 is 2.73 bits per heavy atom. The van der Waals surface area contributed by atoms with Gasteiger partial charge in [0.05, 0.1) is 11.3 Å². The number of nitrogens with zero attached hydrogens (tertiary/aromatic N) is 1. The van der Waals surface area contributed by atoms with E-state index in [9.17, 15) is 0 Å². The Bertz CT molecular complexity index is 326. The summed E-state index contributed by atoms with van der Waals surface area (Å²) in [5.74, 6) is 0. The van der Waals surface area contributed by atoms with E-state index >= 15 is 0 Å². The maximum Gasteiger partial charge on any atom is 0.101 e. The minimum absolute atomic E-state index is 0.440. The van der Waals surface area contributed by atoms with Crippen molar-refractivity contribution in [2.45, 2.75) is 6.92 Å². The highest BCUT2D eigenvalue weighted by Gasteiger charge is 2.02. The molecule has 2 nitrogen and oxygen atoms in total. The third kappa shape index (κ3) is 1.44. The van der Waals surface area contributed by atoms with Gasteiger partial charge < -0.3 is 5.73 Å². The second-order valence-corrected chi connectivity index (χ2v) is 2.73. The Morgan fingerprint density at radius 1 is 1.55 bits per heavy atom. The Labute approximate surface area is 70.2 Å².